The van der Waals surface area contributed by atoms with Gasteiger partial charge in [-0.2, -0.15) is 0 Å². The average molecular weight is 362 g/mol. The van der Waals surface area contributed by atoms with Gasteiger partial charge in [-0.3, -0.25) is 4.79 Å². The number of aromatic amines is 1. The van der Waals surface area contributed by atoms with Crippen LogP contribution >= 0.6 is 0 Å². The summed E-state index contributed by atoms with van der Waals surface area (Å²) in [7, 11) is 2.16. The Morgan fingerprint density at radius 2 is 1.78 bits per heavy atom. The van der Waals surface area contributed by atoms with E-state index >= 15 is 0 Å². The quantitative estimate of drug-likeness (QED) is 0.771. The first-order chi connectivity index (χ1) is 13.2. The highest BCUT2D eigenvalue weighted by Crippen LogP contribution is 2.29. The Morgan fingerprint density at radius 3 is 2.48 bits per heavy atom. The number of piperazine rings is 1. The van der Waals surface area contributed by atoms with Gasteiger partial charge in [0.05, 0.1) is 0 Å². The summed E-state index contributed by atoms with van der Waals surface area (Å²) in [6.45, 7) is 6.77. The van der Waals surface area contributed by atoms with Crippen LogP contribution in [0.3, 0.4) is 0 Å². The molecule has 4 rings (SSSR count). The Bertz CT molecular complexity index is 926. The van der Waals surface area contributed by atoms with Gasteiger partial charge in [0.2, 0.25) is 0 Å². The highest BCUT2D eigenvalue weighted by molar-refractivity contribution is 6.09. The molecule has 3 aromatic rings. The molecule has 27 heavy (non-hydrogen) atoms. The number of hydrogen-bond donors (Lipinski definition) is 1. The number of nitrogens with zero attached hydrogens (tertiary/aromatic N) is 3. The molecule has 2 aromatic carbocycles. The Hall–Kier alpha value is -2.79. The zero-order chi connectivity index (χ0) is 18.8. The highest BCUT2D eigenvalue weighted by Gasteiger charge is 2.21. The van der Waals surface area contributed by atoms with Crippen molar-refractivity contribution in [2.24, 2.45) is 0 Å². The van der Waals surface area contributed by atoms with Gasteiger partial charge in [0.15, 0.2) is 0 Å². The first kappa shape index (κ1) is 17.6. The molecule has 1 aromatic heterocycles. The molecule has 0 atom stereocenters. The Balaban J connectivity index is 1.67. The van der Waals surface area contributed by atoms with Crippen molar-refractivity contribution in [1.82, 2.24) is 9.88 Å². The molecule has 2 heterocycles. The number of hydrogen-bond acceptors (Lipinski definition) is 3. The van der Waals surface area contributed by atoms with Crippen LogP contribution in [0.5, 0.6) is 0 Å². The van der Waals surface area contributed by atoms with Gasteiger partial charge in [-0.25, -0.2) is 0 Å². The van der Waals surface area contributed by atoms with Crippen LogP contribution in [0.15, 0.2) is 54.6 Å². The van der Waals surface area contributed by atoms with E-state index in [1.807, 2.05) is 49.4 Å². The van der Waals surface area contributed by atoms with Crippen molar-refractivity contribution in [2.75, 3.05) is 49.6 Å². The molecule has 0 aliphatic carbocycles. The van der Waals surface area contributed by atoms with Crippen LogP contribution in [0, 0.1) is 0 Å². The highest BCUT2D eigenvalue weighted by atomic mass is 16.2. The molecule has 140 valence electrons. The van der Waals surface area contributed by atoms with Crippen molar-refractivity contribution >= 4 is 28.2 Å². The molecule has 0 unspecified atom stereocenters. The Morgan fingerprint density at radius 1 is 1.04 bits per heavy atom. The molecule has 0 saturated carbocycles. The molecule has 1 saturated heterocycles. The third-order valence-electron chi connectivity index (χ3n) is 5.34. The molecular weight excluding hydrogens is 336 g/mol. The number of amides is 1. The lowest BCUT2D eigenvalue weighted by atomic mass is 10.1. The summed E-state index contributed by atoms with van der Waals surface area (Å²) in [6.07, 6.45) is 0. The predicted octanol–water partition coefficient (Wildman–Crippen LogP) is 3.59. The topological polar surface area (TPSA) is 42.6 Å². The molecule has 0 bridgehead atoms. The van der Waals surface area contributed by atoms with Crippen LogP contribution in [-0.4, -0.2) is 55.6 Å². The minimum absolute atomic E-state index is 0.00391. The van der Waals surface area contributed by atoms with Crippen LogP contribution in [0.2, 0.25) is 0 Å². The fourth-order valence-electron chi connectivity index (χ4n) is 3.77. The lowest BCUT2D eigenvalue weighted by Gasteiger charge is -2.34. The van der Waals surface area contributed by atoms with Gasteiger partial charge < -0.3 is 19.7 Å². The van der Waals surface area contributed by atoms with Gasteiger partial charge in [-0.05, 0) is 44.3 Å². The first-order valence-electron chi connectivity index (χ1n) is 9.59. The summed E-state index contributed by atoms with van der Waals surface area (Å²) in [6, 6.07) is 18.1. The fourth-order valence-corrected chi connectivity index (χ4v) is 3.77. The van der Waals surface area contributed by atoms with E-state index in [9.17, 15) is 4.79 Å². The molecule has 5 nitrogen and oxygen atoms in total. The van der Waals surface area contributed by atoms with E-state index in [-0.39, 0.29) is 5.91 Å². The number of anilines is 2. The molecule has 5 heteroatoms. The summed E-state index contributed by atoms with van der Waals surface area (Å²) in [5, 5.41) is 1.12. The summed E-state index contributed by atoms with van der Waals surface area (Å²) >= 11 is 0. The lowest BCUT2D eigenvalue weighted by molar-refractivity contribution is 0.0984. The number of carbonyl (C=O) groups is 1. The van der Waals surface area contributed by atoms with Crippen molar-refractivity contribution in [3.63, 3.8) is 0 Å². The van der Waals surface area contributed by atoms with E-state index in [2.05, 4.69) is 34.0 Å². The number of rotatable bonds is 4. The van der Waals surface area contributed by atoms with Gasteiger partial charge in [0, 0.05) is 55.0 Å². The third kappa shape index (κ3) is 3.43. The maximum Gasteiger partial charge on any atom is 0.274 e. The zero-order valence-corrected chi connectivity index (χ0v) is 16.0. The number of para-hydroxylation sites is 1. The van der Waals surface area contributed by atoms with Gasteiger partial charge in [-0.15, -0.1) is 0 Å². The number of fused-ring (bicyclic) bond motifs is 1. The first-order valence-corrected chi connectivity index (χ1v) is 9.59. The van der Waals surface area contributed by atoms with E-state index in [1.165, 1.54) is 5.69 Å². The molecule has 1 aliphatic rings. The van der Waals surface area contributed by atoms with Gasteiger partial charge >= 0.3 is 0 Å². The van der Waals surface area contributed by atoms with Gasteiger partial charge in [0.1, 0.15) is 5.69 Å². The van der Waals surface area contributed by atoms with Crippen molar-refractivity contribution in [3.8, 4) is 0 Å². The number of benzene rings is 2. The Labute approximate surface area is 160 Å². The Kier molecular flexibility index (Phi) is 4.86. The fraction of sp³-hybridized carbons (Fsp3) is 0.318. The van der Waals surface area contributed by atoms with Gasteiger partial charge in [-0.1, -0.05) is 24.3 Å². The van der Waals surface area contributed by atoms with Crippen LogP contribution in [0.4, 0.5) is 11.4 Å². The van der Waals surface area contributed by atoms with E-state index in [4.69, 9.17) is 0 Å². The van der Waals surface area contributed by atoms with Crippen LogP contribution in [0.25, 0.3) is 10.9 Å². The maximum atomic E-state index is 13.2. The largest absolute Gasteiger partial charge is 0.368 e. The summed E-state index contributed by atoms with van der Waals surface area (Å²) in [5.74, 6) is 0.00391. The van der Waals surface area contributed by atoms with E-state index in [0.29, 0.717) is 12.2 Å². The third-order valence-corrected chi connectivity index (χ3v) is 5.34. The minimum atomic E-state index is 0.00391. The van der Waals surface area contributed by atoms with Crippen LogP contribution < -0.4 is 9.80 Å². The molecule has 1 amide bonds. The van der Waals surface area contributed by atoms with E-state index in [0.717, 1.165) is 42.8 Å². The second kappa shape index (κ2) is 7.45. The molecular formula is C22H26N4O. The monoisotopic (exact) mass is 362 g/mol. The lowest BCUT2D eigenvalue weighted by Crippen LogP contribution is -2.44. The van der Waals surface area contributed by atoms with Crippen LogP contribution in [-0.2, 0) is 0 Å². The molecule has 1 fully saturated rings. The smallest absolute Gasteiger partial charge is 0.274 e. The predicted molar refractivity (Wildman–Crippen MR) is 112 cm³/mol. The minimum Gasteiger partial charge on any atom is -0.368 e. The zero-order valence-electron chi connectivity index (χ0n) is 16.0. The van der Waals surface area contributed by atoms with E-state index in [1.54, 1.807) is 4.90 Å². The number of carbonyl (C=O) groups excluding carboxylic acids is 1. The number of likely N-dealkylation sites (N-methyl/N-ethyl adjacent to an activating group) is 1. The summed E-state index contributed by atoms with van der Waals surface area (Å²) in [4.78, 5) is 23.1. The molecule has 1 aliphatic heterocycles. The van der Waals surface area contributed by atoms with Gasteiger partial charge in [0.25, 0.3) is 5.91 Å². The van der Waals surface area contributed by atoms with Crippen LogP contribution in [0.1, 0.15) is 17.4 Å². The SMILES string of the molecule is CCN(C(=O)c1cc2c(N3CCN(C)CC3)cccc2[nH]1)c1ccccc1. The second-order valence-corrected chi connectivity index (χ2v) is 7.10. The normalized spacial score (nSPS) is 15.3. The molecule has 0 spiro atoms. The van der Waals surface area contributed by atoms with Crippen molar-refractivity contribution in [2.45, 2.75) is 6.92 Å². The summed E-state index contributed by atoms with van der Waals surface area (Å²) in [5.41, 5.74) is 3.78. The maximum absolute atomic E-state index is 13.2. The second-order valence-electron chi connectivity index (χ2n) is 7.10. The average Bonchev–Trinajstić information content (AvgIpc) is 3.14. The number of aromatic nitrogens is 1. The number of H-pyrrole nitrogens is 1. The molecule has 0 radical (unpaired) electrons. The molecule has 1 N–H and O–H groups in total. The van der Waals surface area contributed by atoms with Crippen molar-refractivity contribution in [1.29, 1.82) is 0 Å². The standard InChI is InChI=1S/C22H26N4O/c1-3-26(17-8-5-4-6-9-17)22(27)20-16-18-19(23-20)10-7-11-21(18)25-14-12-24(2)13-15-25/h4-11,16,23H,3,12-15H2,1-2H3. The number of nitrogens with one attached hydrogen (secondary N) is 1. The van der Waals surface area contributed by atoms with Crippen molar-refractivity contribution in [3.05, 3.63) is 60.3 Å². The van der Waals surface area contributed by atoms with Crippen molar-refractivity contribution < 1.29 is 4.79 Å². The summed E-state index contributed by atoms with van der Waals surface area (Å²) < 4.78 is 0. The van der Waals surface area contributed by atoms with E-state index < -0.39 is 0 Å².